The molecule has 0 saturated heterocycles. The number of benzene rings is 2. The van der Waals surface area contributed by atoms with Gasteiger partial charge in [0.15, 0.2) is 0 Å². The van der Waals surface area contributed by atoms with E-state index in [0.29, 0.717) is 34.8 Å². The van der Waals surface area contributed by atoms with Crippen molar-refractivity contribution in [3.63, 3.8) is 0 Å². The van der Waals surface area contributed by atoms with Crippen LogP contribution in [0.1, 0.15) is 85.9 Å². The van der Waals surface area contributed by atoms with Gasteiger partial charge < -0.3 is 9.47 Å². The average molecular weight is 513 g/mol. The van der Waals surface area contributed by atoms with Crippen LogP contribution in [0.4, 0.5) is 0 Å². The minimum atomic E-state index is -0.206. The molecule has 0 heterocycles. The fourth-order valence-corrected chi connectivity index (χ4v) is 8.90. The lowest BCUT2D eigenvalue weighted by molar-refractivity contribution is -0.116. The summed E-state index contributed by atoms with van der Waals surface area (Å²) < 4.78 is 12.2. The molecule has 0 aromatic heterocycles. The number of allylic oxidation sites excluding steroid dienone is 1. The standard InChI is InChI=1S/C34H40O4/c1-22-20-25-21-26(37-31(35)23-10-6-4-7-11-23)16-18-33(25,2)28-17-19-34(3)27(30(22)28)14-15-29(34)38-32(36)24-12-8-5-9-13-24/h4-13,25-30H,1,14-21H2,2-3H3/t25-,26+,27+,28+,29-,30+,33+,34+/m1/s1. The number of carbonyl (C=O) groups is 2. The van der Waals surface area contributed by atoms with Gasteiger partial charge in [-0.3, -0.25) is 0 Å². The first kappa shape index (κ1) is 25.4. The second kappa shape index (κ2) is 9.70. The fraction of sp³-hybridized carbons (Fsp3) is 0.529. The number of ether oxygens (including phenoxy) is 2. The number of rotatable bonds is 4. The van der Waals surface area contributed by atoms with E-state index in [1.165, 1.54) is 5.57 Å². The molecule has 8 atom stereocenters. The van der Waals surface area contributed by atoms with Gasteiger partial charge in [-0.25, -0.2) is 9.59 Å². The molecular formula is C34H40O4. The molecule has 200 valence electrons. The highest BCUT2D eigenvalue weighted by atomic mass is 16.5. The predicted molar refractivity (Wildman–Crippen MR) is 148 cm³/mol. The molecule has 38 heavy (non-hydrogen) atoms. The van der Waals surface area contributed by atoms with Crippen molar-refractivity contribution in [3.05, 3.63) is 83.9 Å². The highest BCUT2D eigenvalue weighted by Crippen LogP contribution is 2.67. The van der Waals surface area contributed by atoms with E-state index in [4.69, 9.17) is 9.47 Å². The summed E-state index contributed by atoms with van der Waals surface area (Å²) in [5.74, 6) is 1.68. The zero-order chi connectivity index (χ0) is 26.5. The quantitative estimate of drug-likeness (QED) is 0.312. The van der Waals surface area contributed by atoms with Crippen molar-refractivity contribution < 1.29 is 19.1 Å². The summed E-state index contributed by atoms with van der Waals surface area (Å²) in [6.45, 7) is 9.53. The van der Waals surface area contributed by atoms with Crippen molar-refractivity contribution in [1.29, 1.82) is 0 Å². The Labute approximate surface area is 226 Å². The van der Waals surface area contributed by atoms with E-state index in [2.05, 4.69) is 20.4 Å². The van der Waals surface area contributed by atoms with Crippen molar-refractivity contribution in [1.82, 2.24) is 0 Å². The van der Waals surface area contributed by atoms with E-state index in [1.807, 2.05) is 60.7 Å². The Balaban J connectivity index is 1.15. The van der Waals surface area contributed by atoms with E-state index in [1.54, 1.807) is 0 Å². The number of hydrogen-bond acceptors (Lipinski definition) is 4. The first-order chi connectivity index (χ1) is 18.3. The third-order valence-corrected chi connectivity index (χ3v) is 11.0. The molecule has 4 heteroatoms. The molecule has 4 aliphatic carbocycles. The third kappa shape index (κ3) is 4.21. The van der Waals surface area contributed by atoms with E-state index < -0.39 is 0 Å². The monoisotopic (exact) mass is 512 g/mol. The Morgan fingerprint density at radius 3 is 2.00 bits per heavy atom. The molecule has 0 bridgehead atoms. The SMILES string of the molecule is C=C1C[C@@H]2C[C@@H](OC(=O)c3ccccc3)CC[C@]2(C)[C@H]2CC[C@]3(C)[C@H](OC(=O)c4ccccc4)CC[C@H]3[C@H]12. The second-order valence-electron chi connectivity index (χ2n) is 12.9. The van der Waals surface area contributed by atoms with Crippen molar-refractivity contribution in [3.8, 4) is 0 Å². The molecule has 2 aromatic carbocycles. The van der Waals surface area contributed by atoms with Crippen LogP contribution in [0.2, 0.25) is 0 Å². The minimum absolute atomic E-state index is 0.000158. The lowest BCUT2D eigenvalue weighted by Crippen LogP contribution is -2.55. The normalized spacial score (nSPS) is 37.9. The number of hydrogen-bond donors (Lipinski definition) is 0. The molecule has 4 saturated carbocycles. The van der Waals surface area contributed by atoms with Gasteiger partial charge in [0, 0.05) is 5.41 Å². The summed E-state index contributed by atoms with van der Waals surface area (Å²) in [7, 11) is 0. The molecule has 0 amide bonds. The Morgan fingerprint density at radius 2 is 1.34 bits per heavy atom. The predicted octanol–water partition coefficient (Wildman–Crippen LogP) is 7.65. The van der Waals surface area contributed by atoms with Crippen LogP contribution in [-0.2, 0) is 9.47 Å². The van der Waals surface area contributed by atoms with Crippen LogP contribution >= 0.6 is 0 Å². The van der Waals surface area contributed by atoms with Gasteiger partial charge in [-0.15, -0.1) is 0 Å². The Hall–Kier alpha value is -2.88. The average Bonchev–Trinajstić information content (AvgIpc) is 3.26. The topological polar surface area (TPSA) is 52.6 Å². The maximum absolute atomic E-state index is 12.9. The van der Waals surface area contributed by atoms with Crippen LogP contribution in [0, 0.1) is 34.5 Å². The maximum Gasteiger partial charge on any atom is 0.338 e. The zero-order valence-electron chi connectivity index (χ0n) is 22.7. The first-order valence-electron chi connectivity index (χ1n) is 14.5. The van der Waals surface area contributed by atoms with Gasteiger partial charge in [0.25, 0.3) is 0 Å². The second-order valence-corrected chi connectivity index (χ2v) is 12.9. The van der Waals surface area contributed by atoms with Gasteiger partial charge in [0.05, 0.1) is 11.1 Å². The van der Waals surface area contributed by atoms with Gasteiger partial charge in [0.2, 0.25) is 0 Å². The zero-order valence-corrected chi connectivity index (χ0v) is 22.7. The first-order valence-corrected chi connectivity index (χ1v) is 14.5. The van der Waals surface area contributed by atoms with E-state index in [0.717, 1.165) is 51.4 Å². The number of fused-ring (bicyclic) bond motifs is 5. The molecule has 0 spiro atoms. The van der Waals surface area contributed by atoms with Crippen LogP contribution in [0.5, 0.6) is 0 Å². The maximum atomic E-state index is 12.9. The largest absolute Gasteiger partial charge is 0.459 e. The van der Waals surface area contributed by atoms with Crippen molar-refractivity contribution >= 4 is 11.9 Å². The number of esters is 2. The lowest BCUT2D eigenvalue weighted by atomic mass is 9.44. The molecular weight excluding hydrogens is 472 g/mol. The molecule has 4 fully saturated rings. The fourth-order valence-electron chi connectivity index (χ4n) is 8.90. The van der Waals surface area contributed by atoms with Crippen LogP contribution in [-0.4, -0.2) is 24.1 Å². The molecule has 0 radical (unpaired) electrons. The van der Waals surface area contributed by atoms with Crippen LogP contribution in [0.3, 0.4) is 0 Å². The van der Waals surface area contributed by atoms with Gasteiger partial charge in [0.1, 0.15) is 12.2 Å². The lowest BCUT2D eigenvalue weighted by Gasteiger charge is -2.61. The molecule has 0 unspecified atom stereocenters. The van der Waals surface area contributed by atoms with Crippen molar-refractivity contribution in [2.75, 3.05) is 0 Å². The molecule has 6 rings (SSSR count). The molecule has 0 N–H and O–H groups in total. The molecule has 4 aliphatic rings. The van der Waals surface area contributed by atoms with Crippen molar-refractivity contribution in [2.24, 2.45) is 34.5 Å². The molecule has 2 aromatic rings. The molecule has 4 nitrogen and oxygen atoms in total. The van der Waals surface area contributed by atoms with E-state index in [-0.39, 0.29) is 35.0 Å². The number of carbonyl (C=O) groups excluding carboxylic acids is 2. The highest BCUT2D eigenvalue weighted by Gasteiger charge is 2.62. The summed E-state index contributed by atoms with van der Waals surface area (Å²) in [5.41, 5.74) is 2.88. The summed E-state index contributed by atoms with van der Waals surface area (Å²) in [5, 5.41) is 0. The summed E-state index contributed by atoms with van der Waals surface area (Å²) in [6.07, 6.45) is 8.18. The van der Waals surface area contributed by atoms with Crippen LogP contribution in [0.15, 0.2) is 72.8 Å². The van der Waals surface area contributed by atoms with Gasteiger partial charge in [-0.2, -0.15) is 0 Å². The third-order valence-electron chi connectivity index (χ3n) is 11.0. The minimum Gasteiger partial charge on any atom is -0.459 e. The summed E-state index contributed by atoms with van der Waals surface area (Å²) >= 11 is 0. The Bertz CT molecular complexity index is 1210. The van der Waals surface area contributed by atoms with E-state index >= 15 is 0 Å². The van der Waals surface area contributed by atoms with Gasteiger partial charge in [-0.05, 0) is 105 Å². The van der Waals surface area contributed by atoms with Crippen LogP contribution < -0.4 is 0 Å². The van der Waals surface area contributed by atoms with Gasteiger partial charge in [-0.1, -0.05) is 62.4 Å². The van der Waals surface area contributed by atoms with Crippen LogP contribution in [0.25, 0.3) is 0 Å². The highest BCUT2D eigenvalue weighted by molar-refractivity contribution is 5.89. The van der Waals surface area contributed by atoms with Crippen molar-refractivity contribution in [2.45, 2.75) is 77.4 Å². The molecule has 0 aliphatic heterocycles. The van der Waals surface area contributed by atoms with E-state index in [9.17, 15) is 9.59 Å². The summed E-state index contributed by atoms with van der Waals surface area (Å²) in [4.78, 5) is 25.7. The smallest absolute Gasteiger partial charge is 0.338 e. The van der Waals surface area contributed by atoms with Gasteiger partial charge >= 0.3 is 11.9 Å². The Morgan fingerprint density at radius 1 is 0.763 bits per heavy atom. The summed E-state index contributed by atoms with van der Waals surface area (Å²) in [6, 6.07) is 18.7. The Kier molecular flexibility index (Phi) is 6.48.